The third-order valence-corrected chi connectivity index (χ3v) is 4.85. The largest absolute Gasteiger partial charge is 0.401 e. The van der Waals surface area contributed by atoms with Gasteiger partial charge in [-0.1, -0.05) is 42.5 Å². The maximum Gasteiger partial charge on any atom is 0.349 e. The maximum atomic E-state index is 12.7. The van der Waals surface area contributed by atoms with Gasteiger partial charge in [0.1, 0.15) is 11.3 Å². The molecule has 0 atom stereocenters. The Bertz CT molecular complexity index is 1430. The molecule has 0 aliphatic carbocycles. The Labute approximate surface area is 146 Å². The Morgan fingerprint density at radius 1 is 0.846 bits per heavy atom. The number of fused-ring (bicyclic) bond motifs is 2. The molecule has 0 unspecified atom stereocenters. The van der Waals surface area contributed by atoms with Crippen LogP contribution in [0.25, 0.3) is 38.3 Å². The molecule has 0 spiro atoms. The summed E-state index contributed by atoms with van der Waals surface area (Å²) in [6.45, 7) is 0. The second kappa shape index (κ2) is 4.67. The van der Waals surface area contributed by atoms with E-state index in [4.69, 9.17) is 4.74 Å². The van der Waals surface area contributed by atoms with Gasteiger partial charge < -0.3 is 9.72 Å². The van der Waals surface area contributed by atoms with E-state index in [2.05, 4.69) is 27.1 Å². The lowest BCUT2D eigenvalue weighted by Gasteiger charge is -1.99. The molecule has 0 saturated carbocycles. The number of esters is 1. The fourth-order valence-corrected chi connectivity index (χ4v) is 3.73. The molecule has 3 aromatic carbocycles. The molecule has 1 aliphatic heterocycles. The molecule has 122 valence electrons. The number of ether oxygens (including phenoxy) is 1. The third kappa shape index (κ3) is 1.66. The van der Waals surface area contributed by atoms with Gasteiger partial charge in [-0.2, -0.15) is 0 Å². The van der Waals surface area contributed by atoms with Crippen molar-refractivity contribution in [3.8, 4) is 5.88 Å². The maximum absolute atomic E-state index is 12.7. The number of carbonyl (C=O) groups excluding carboxylic acids is 1. The minimum atomic E-state index is -0.428. The molecule has 0 radical (unpaired) electrons. The molecule has 0 bridgehead atoms. The lowest BCUT2D eigenvalue weighted by atomic mass is 10.1. The van der Waals surface area contributed by atoms with E-state index in [1.807, 2.05) is 48.5 Å². The molecular weight excluding hydrogens is 326 g/mol. The minimum absolute atomic E-state index is 0.265. The molecule has 1 N–H and O–H groups in total. The monoisotopic (exact) mass is 337 g/mol. The molecule has 1 aliphatic rings. The van der Waals surface area contributed by atoms with Crippen LogP contribution in [0.1, 0.15) is 5.69 Å². The summed E-state index contributed by atoms with van der Waals surface area (Å²) in [6, 6.07) is 19.6. The van der Waals surface area contributed by atoms with E-state index in [9.17, 15) is 4.79 Å². The second-order valence-electron chi connectivity index (χ2n) is 6.34. The van der Waals surface area contributed by atoms with Crippen molar-refractivity contribution >= 4 is 44.3 Å². The summed E-state index contributed by atoms with van der Waals surface area (Å²) in [6.07, 6.45) is 0. The molecule has 5 aromatic rings. The summed E-state index contributed by atoms with van der Waals surface area (Å²) in [5.74, 6) is -0.163. The summed E-state index contributed by atoms with van der Waals surface area (Å²) in [7, 11) is 0. The molecule has 0 amide bonds. The van der Waals surface area contributed by atoms with Gasteiger partial charge in [0.2, 0.25) is 0 Å². The highest BCUT2D eigenvalue weighted by Crippen LogP contribution is 2.32. The normalized spacial score (nSPS) is 15.8. The van der Waals surface area contributed by atoms with E-state index >= 15 is 0 Å². The molecule has 26 heavy (non-hydrogen) atoms. The molecular formula is C21H11N3O2. The van der Waals surface area contributed by atoms with Gasteiger partial charge in [-0.3, -0.25) is 0 Å². The van der Waals surface area contributed by atoms with E-state index in [1.165, 1.54) is 0 Å². The average Bonchev–Trinajstić information content (AvgIpc) is 3.18. The van der Waals surface area contributed by atoms with Crippen LogP contribution in [0.4, 0.5) is 0 Å². The zero-order chi connectivity index (χ0) is 17.3. The fourth-order valence-electron chi connectivity index (χ4n) is 3.73. The number of H-pyrrole nitrogens is 1. The molecule has 3 heterocycles. The predicted molar refractivity (Wildman–Crippen MR) is 98.7 cm³/mol. The van der Waals surface area contributed by atoms with Crippen LogP contribution < -0.4 is 10.1 Å². The first-order valence-electron chi connectivity index (χ1n) is 8.32. The number of aromatic amines is 1. The van der Waals surface area contributed by atoms with Crippen LogP contribution in [-0.4, -0.2) is 20.9 Å². The van der Waals surface area contributed by atoms with Crippen molar-refractivity contribution in [2.45, 2.75) is 0 Å². The first kappa shape index (κ1) is 13.5. The van der Waals surface area contributed by atoms with Crippen LogP contribution in [-0.2, 0) is 4.79 Å². The van der Waals surface area contributed by atoms with E-state index < -0.39 is 5.97 Å². The molecule has 6 rings (SSSR count). The SMILES string of the molecule is O=C1Oc2nc3ccccc3nc2C1=c1[nH]c2cccc3cccc1c32. The van der Waals surface area contributed by atoms with Crippen LogP contribution in [0.5, 0.6) is 5.88 Å². The lowest BCUT2D eigenvalue weighted by molar-refractivity contribution is -0.127. The average molecular weight is 337 g/mol. The van der Waals surface area contributed by atoms with E-state index in [1.54, 1.807) is 0 Å². The third-order valence-electron chi connectivity index (χ3n) is 4.85. The number of nitrogens with zero attached hydrogens (tertiary/aromatic N) is 2. The zero-order valence-electron chi connectivity index (χ0n) is 13.5. The van der Waals surface area contributed by atoms with Gasteiger partial charge in [0.05, 0.1) is 16.4 Å². The number of hydrogen-bond acceptors (Lipinski definition) is 4. The summed E-state index contributed by atoms with van der Waals surface area (Å²) in [5, 5.41) is 3.93. The highest BCUT2D eigenvalue weighted by molar-refractivity contribution is 6.22. The molecule has 2 aromatic heterocycles. The van der Waals surface area contributed by atoms with Crippen molar-refractivity contribution in [1.82, 2.24) is 15.0 Å². The van der Waals surface area contributed by atoms with Gasteiger partial charge in [-0.05, 0) is 23.6 Å². The van der Waals surface area contributed by atoms with Crippen LogP contribution in [0, 0.1) is 0 Å². The van der Waals surface area contributed by atoms with Crippen molar-refractivity contribution in [2.75, 3.05) is 0 Å². The molecule has 0 saturated heterocycles. The Balaban J connectivity index is 1.80. The highest BCUT2D eigenvalue weighted by Gasteiger charge is 2.32. The number of hydrogen-bond donors (Lipinski definition) is 1. The summed E-state index contributed by atoms with van der Waals surface area (Å²) >= 11 is 0. The van der Waals surface area contributed by atoms with Gasteiger partial charge in [-0.25, -0.2) is 14.8 Å². The van der Waals surface area contributed by atoms with Crippen molar-refractivity contribution in [2.24, 2.45) is 0 Å². The molecule has 5 nitrogen and oxygen atoms in total. The van der Waals surface area contributed by atoms with Crippen LogP contribution >= 0.6 is 0 Å². The van der Waals surface area contributed by atoms with Crippen LogP contribution in [0.2, 0.25) is 0 Å². The number of nitrogens with one attached hydrogen (secondary N) is 1. The van der Waals surface area contributed by atoms with Gasteiger partial charge in [0.25, 0.3) is 5.88 Å². The second-order valence-corrected chi connectivity index (χ2v) is 6.34. The number of rotatable bonds is 0. The van der Waals surface area contributed by atoms with Gasteiger partial charge in [-0.15, -0.1) is 0 Å². The molecule has 0 fully saturated rings. The van der Waals surface area contributed by atoms with Crippen LogP contribution in [0.3, 0.4) is 0 Å². The first-order chi connectivity index (χ1) is 12.8. The fraction of sp³-hybridized carbons (Fsp3) is 0. The smallest absolute Gasteiger partial charge is 0.349 e. The van der Waals surface area contributed by atoms with Gasteiger partial charge in [0.15, 0.2) is 0 Å². The quantitative estimate of drug-likeness (QED) is 0.441. The standard InChI is InChI=1S/C21H11N3O2/c25-21-17(19-20(26-21)24-14-9-2-1-8-13(14)22-19)18-12-7-3-5-11-6-4-10-15(23-18)16(11)12/h1-10,23H. The van der Waals surface area contributed by atoms with Crippen molar-refractivity contribution < 1.29 is 9.53 Å². The number of aromatic nitrogens is 3. The number of carbonyl (C=O) groups is 1. The van der Waals surface area contributed by atoms with Crippen LogP contribution in [0.15, 0.2) is 60.7 Å². The van der Waals surface area contributed by atoms with Gasteiger partial charge in [0, 0.05) is 16.3 Å². The minimum Gasteiger partial charge on any atom is -0.401 e. The van der Waals surface area contributed by atoms with Crippen molar-refractivity contribution in [3.63, 3.8) is 0 Å². The summed E-state index contributed by atoms with van der Waals surface area (Å²) in [4.78, 5) is 25.2. The number of para-hydroxylation sites is 2. The Hall–Kier alpha value is -3.73. The number of benzene rings is 3. The summed E-state index contributed by atoms with van der Waals surface area (Å²) < 4.78 is 5.42. The van der Waals surface area contributed by atoms with E-state index in [0.29, 0.717) is 16.8 Å². The Morgan fingerprint density at radius 3 is 2.46 bits per heavy atom. The van der Waals surface area contributed by atoms with Crippen molar-refractivity contribution in [3.05, 3.63) is 71.7 Å². The zero-order valence-corrected chi connectivity index (χ0v) is 13.5. The Morgan fingerprint density at radius 2 is 1.62 bits per heavy atom. The summed E-state index contributed by atoms with van der Waals surface area (Å²) in [5.41, 5.74) is 3.34. The molecule has 5 heteroatoms. The highest BCUT2D eigenvalue weighted by atomic mass is 16.5. The van der Waals surface area contributed by atoms with E-state index in [0.717, 1.165) is 32.5 Å². The Kier molecular flexibility index (Phi) is 2.43. The van der Waals surface area contributed by atoms with E-state index in [-0.39, 0.29) is 5.88 Å². The topological polar surface area (TPSA) is 67.9 Å². The lowest BCUT2D eigenvalue weighted by Crippen LogP contribution is -2.15. The van der Waals surface area contributed by atoms with Crippen molar-refractivity contribution in [1.29, 1.82) is 0 Å². The van der Waals surface area contributed by atoms with Gasteiger partial charge >= 0.3 is 5.97 Å². The predicted octanol–water partition coefficient (Wildman–Crippen LogP) is 3.10. The first-order valence-corrected chi connectivity index (χ1v) is 8.32.